The van der Waals surface area contributed by atoms with Crippen molar-refractivity contribution in [3.63, 3.8) is 0 Å². The Morgan fingerprint density at radius 1 is 0.757 bits per heavy atom. The average molecular weight is 495 g/mol. The van der Waals surface area contributed by atoms with Crippen molar-refractivity contribution in [2.24, 2.45) is 5.10 Å². The fourth-order valence-electron chi connectivity index (χ4n) is 3.32. The first-order valence-corrected chi connectivity index (χ1v) is 11.7. The van der Waals surface area contributed by atoms with Gasteiger partial charge in [0.2, 0.25) is 0 Å². The molecular formula is C30H26N2O5. The number of ether oxygens (including phenoxy) is 3. The number of esters is 1. The maximum Gasteiger partial charge on any atom is 0.343 e. The smallest absolute Gasteiger partial charge is 0.343 e. The zero-order valence-electron chi connectivity index (χ0n) is 20.3. The molecule has 37 heavy (non-hydrogen) atoms. The zero-order valence-corrected chi connectivity index (χ0v) is 20.3. The summed E-state index contributed by atoms with van der Waals surface area (Å²) in [6.07, 6.45) is 1.49. The summed E-state index contributed by atoms with van der Waals surface area (Å²) in [6.45, 7) is 2.15. The Morgan fingerprint density at radius 2 is 1.38 bits per heavy atom. The van der Waals surface area contributed by atoms with Crippen LogP contribution in [0.1, 0.15) is 27.0 Å². The van der Waals surface area contributed by atoms with Crippen LogP contribution in [0.4, 0.5) is 0 Å². The third-order valence-corrected chi connectivity index (χ3v) is 5.30. The monoisotopic (exact) mass is 494 g/mol. The van der Waals surface area contributed by atoms with E-state index in [-0.39, 0.29) is 6.61 Å². The van der Waals surface area contributed by atoms with Gasteiger partial charge in [0, 0.05) is 0 Å². The molecule has 4 aromatic carbocycles. The molecule has 7 nitrogen and oxygen atoms in total. The predicted octanol–water partition coefficient (Wildman–Crippen LogP) is 5.32. The molecule has 0 saturated heterocycles. The third-order valence-electron chi connectivity index (χ3n) is 5.30. The Hall–Kier alpha value is -4.91. The molecule has 0 aliphatic rings. The fraction of sp³-hybridized carbons (Fsp3) is 0.100. The molecule has 1 amide bonds. The number of hydrogen-bond donors (Lipinski definition) is 1. The lowest BCUT2D eigenvalue weighted by Gasteiger charge is -2.08. The zero-order chi connectivity index (χ0) is 25.9. The van der Waals surface area contributed by atoms with E-state index in [2.05, 4.69) is 10.5 Å². The Balaban J connectivity index is 1.18. The molecule has 0 saturated carbocycles. The van der Waals surface area contributed by atoms with Crippen LogP contribution in [0.3, 0.4) is 0 Å². The molecule has 0 spiro atoms. The maximum absolute atomic E-state index is 12.3. The molecule has 0 radical (unpaired) electrons. The lowest BCUT2D eigenvalue weighted by molar-refractivity contribution is -0.123. The van der Waals surface area contributed by atoms with E-state index in [4.69, 9.17) is 14.2 Å². The minimum Gasteiger partial charge on any atom is -0.489 e. The van der Waals surface area contributed by atoms with Gasteiger partial charge in [-0.1, -0.05) is 48.5 Å². The van der Waals surface area contributed by atoms with E-state index >= 15 is 0 Å². The first-order valence-electron chi connectivity index (χ1n) is 11.7. The Bertz CT molecular complexity index is 1350. The maximum atomic E-state index is 12.3. The summed E-state index contributed by atoms with van der Waals surface area (Å²) in [4.78, 5) is 24.4. The Morgan fingerprint density at radius 3 is 2.08 bits per heavy atom. The van der Waals surface area contributed by atoms with Crippen molar-refractivity contribution in [1.29, 1.82) is 0 Å². The number of hydrogen-bond acceptors (Lipinski definition) is 6. The van der Waals surface area contributed by atoms with Gasteiger partial charge in [0.25, 0.3) is 5.91 Å². The molecule has 0 aliphatic carbocycles. The first-order chi connectivity index (χ1) is 18.1. The number of nitrogens with zero attached hydrogens (tertiary/aromatic N) is 1. The Labute approximate surface area is 215 Å². The van der Waals surface area contributed by atoms with Crippen LogP contribution in [0.2, 0.25) is 0 Å². The van der Waals surface area contributed by atoms with Gasteiger partial charge in [0.15, 0.2) is 6.61 Å². The van der Waals surface area contributed by atoms with Crippen molar-refractivity contribution in [2.45, 2.75) is 13.5 Å². The molecule has 0 unspecified atom stereocenters. The predicted molar refractivity (Wildman–Crippen MR) is 141 cm³/mol. The number of aryl methyl sites for hydroxylation is 1. The summed E-state index contributed by atoms with van der Waals surface area (Å²) in [5, 5.41) is 3.94. The third kappa shape index (κ3) is 7.80. The van der Waals surface area contributed by atoms with Crippen LogP contribution in [0.5, 0.6) is 17.2 Å². The van der Waals surface area contributed by atoms with Crippen LogP contribution < -0.4 is 19.6 Å². The summed E-state index contributed by atoms with van der Waals surface area (Å²) < 4.78 is 16.7. The van der Waals surface area contributed by atoms with E-state index in [1.54, 1.807) is 60.7 Å². The number of benzene rings is 4. The molecule has 186 valence electrons. The van der Waals surface area contributed by atoms with Gasteiger partial charge in [-0.05, 0) is 78.2 Å². The molecule has 4 rings (SSSR count). The van der Waals surface area contributed by atoms with Gasteiger partial charge in [0.05, 0.1) is 11.8 Å². The van der Waals surface area contributed by atoms with Crippen molar-refractivity contribution < 1.29 is 23.8 Å². The number of amides is 1. The van der Waals surface area contributed by atoms with E-state index in [0.29, 0.717) is 29.4 Å². The number of carbonyl (C=O) groups is 2. The minimum atomic E-state index is -0.416. The summed E-state index contributed by atoms with van der Waals surface area (Å²) >= 11 is 0. The number of nitrogens with one attached hydrogen (secondary N) is 1. The molecular weight excluding hydrogens is 468 g/mol. The lowest BCUT2D eigenvalue weighted by Crippen LogP contribution is -2.24. The minimum absolute atomic E-state index is 0.185. The van der Waals surface area contributed by atoms with Crippen LogP contribution in [0, 0.1) is 6.92 Å². The fourth-order valence-corrected chi connectivity index (χ4v) is 3.32. The van der Waals surface area contributed by atoms with Crippen molar-refractivity contribution in [3.8, 4) is 17.2 Å². The largest absolute Gasteiger partial charge is 0.489 e. The van der Waals surface area contributed by atoms with Crippen LogP contribution in [-0.2, 0) is 11.4 Å². The number of rotatable bonds is 10. The van der Waals surface area contributed by atoms with E-state index in [0.717, 1.165) is 16.7 Å². The molecule has 0 fully saturated rings. The molecule has 7 heteroatoms. The highest BCUT2D eigenvalue weighted by Gasteiger charge is 2.10. The summed E-state index contributed by atoms with van der Waals surface area (Å²) in [5.41, 5.74) is 5.59. The van der Waals surface area contributed by atoms with Gasteiger partial charge in [-0.15, -0.1) is 0 Å². The molecule has 4 aromatic rings. The standard InChI is InChI=1S/C30H26N2O5/c1-22-7-5-6-10-28(22)30(34)37-27-13-11-23(12-14-27)19-31-32-29(33)21-36-26-17-15-25(16-18-26)35-20-24-8-3-2-4-9-24/h2-19H,20-21H2,1H3,(H,32,33). The van der Waals surface area contributed by atoms with Crippen LogP contribution in [-0.4, -0.2) is 24.7 Å². The first kappa shape index (κ1) is 25.2. The summed E-state index contributed by atoms with van der Waals surface area (Å²) in [6, 6.07) is 31.0. The number of hydrazone groups is 1. The molecule has 0 atom stereocenters. The summed E-state index contributed by atoms with van der Waals surface area (Å²) in [7, 11) is 0. The Kier molecular flexibility index (Phi) is 8.64. The van der Waals surface area contributed by atoms with Gasteiger partial charge < -0.3 is 14.2 Å². The number of carbonyl (C=O) groups excluding carboxylic acids is 2. The van der Waals surface area contributed by atoms with Crippen LogP contribution in [0.15, 0.2) is 108 Å². The van der Waals surface area contributed by atoms with Gasteiger partial charge in [0.1, 0.15) is 23.9 Å². The second-order valence-electron chi connectivity index (χ2n) is 8.10. The SMILES string of the molecule is Cc1ccccc1C(=O)Oc1ccc(C=NNC(=O)COc2ccc(OCc3ccccc3)cc2)cc1. The highest BCUT2D eigenvalue weighted by Crippen LogP contribution is 2.19. The van der Waals surface area contributed by atoms with Gasteiger partial charge in [-0.3, -0.25) is 4.79 Å². The summed E-state index contributed by atoms with van der Waals surface area (Å²) in [5.74, 6) is 0.855. The van der Waals surface area contributed by atoms with E-state index in [1.165, 1.54) is 6.21 Å². The van der Waals surface area contributed by atoms with Crippen LogP contribution >= 0.6 is 0 Å². The van der Waals surface area contributed by atoms with Crippen molar-refractivity contribution in [3.05, 3.63) is 125 Å². The normalized spacial score (nSPS) is 10.6. The van der Waals surface area contributed by atoms with Gasteiger partial charge in [-0.2, -0.15) is 5.10 Å². The second-order valence-corrected chi connectivity index (χ2v) is 8.10. The van der Waals surface area contributed by atoms with Crippen molar-refractivity contribution >= 4 is 18.1 Å². The van der Waals surface area contributed by atoms with E-state index in [9.17, 15) is 9.59 Å². The highest BCUT2D eigenvalue weighted by molar-refractivity contribution is 5.92. The van der Waals surface area contributed by atoms with Crippen LogP contribution in [0.25, 0.3) is 0 Å². The van der Waals surface area contributed by atoms with Crippen molar-refractivity contribution in [1.82, 2.24) is 5.43 Å². The highest BCUT2D eigenvalue weighted by atomic mass is 16.5. The molecule has 0 aliphatic heterocycles. The molecule has 0 aromatic heterocycles. The van der Waals surface area contributed by atoms with Gasteiger partial charge >= 0.3 is 5.97 Å². The average Bonchev–Trinajstić information content (AvgIpc) is 2.93. The lowest BCUT2D eigenvalue weighted by atomic mass is 10.1. The topological polar surface area (TPSA) is 86.2 Å². The van der Waals surface area contributed by atoms with Gasteiger partial charge in [-0.25, -0.2) is 10.2 Å². The molecule has 0 heterocycles. The second kappa shape index (κ2) is 12.7. The van der Waals surface area contributed by atoms with Crippen molar-refractivity contribution in [2.75, 3.05) is 6.61 Å². The van der Waals surface area contributed by atoms with E-state index < -0.39 is 11.9 Å². The quantitative estimate of drug-likeness (QED) is 0.140. The van der Waals surface area contributed by atoms with E-state index in [1.807, 2.05) is 49.4 Å². The molecule has 0 bridgehead atoms. The molecule has 1 N–H and O–H groups in total.